The van der Waals surface area contributed by atoms with Gasteiger partial charge < -0.3 is 10.1 Å². The summed E-state index contributed by atoms with van der Waals surface area (Å²) >= 11 is 0. The minimum Gasteiger partial charge on any atom is -0.495 e. The number of hydrogen-bond donors (Lipinski definition) is 1. The molecule has 114 valence electrons. The number of anilines is 1. The number of rotatable bonds is 2. The van der Waals surface area contributed by atoms with E-state index in [2.05, 4.69) is 16.8 Å². The normalized spacial score (nSPS) is 11.4. The molecular weight excluding hydrogens is 299 g/mol. The maximum Gasteiger partial charge on any atom is 0.416 e. The van der Waals surface area contributed by atoms with Gasteiger partial charge in [-0.05, 0) is 24.1 Å². The molecule has 1 N–H and O–H groups in total. The number of carbonyl (C=O) groups is 1. The van der Waals surface area contributed by atoms with Crippen molar-refractivity contribution in [3.8, 4) is 17.2 Å². The van der Waals surface area contributed by atoms with Gasteiger partial charge in [-0.1, -0.05) is 19.6 Å². The van der Waals surface area contributed by atoms with Crippen molar-refractivity contribution in [1.82, 2.24) is 0 Å². The number of carbonyl (C=O) groups excluding carboxylic acids is 1. The van der Waals surface area contributed by atoms with Crippen LogP contribution >= 0.6 is 0 Å². The number of nitrogens with one attached hydrogen (secondary N) is 1. The molecule has 0 aliphatic carbocycles. The summed E-state index contributed by atoms with van der Waals surface area (Å²) in [6.45, 7) is 5.87. The van der Waals surface area contributed by atoms with Crippen LogP contribution in [0, 0.1) is 11.5 Å². The topological polar surface area (TPSA) is 38.3 Å². The lowest BCUT2D eigenvalue weighted by Crippen LogP contribution is -2.18. The molecule has 0 heterocycles. The average molecular weight is 315 g/mol. The molecule has 1 rings (SSSR count). The summed E-state index contributed by atoms with van der Waals surface area (Å²) < 4.78 is 42.9. The lowest BCUT2D eigenvalue weighted by atomic mass is 10.1. The second kappa shape index (κ2) is 6.22. The molecule has 1 aromatic carbocycles. The van der Waals surface area contributed by atoms with E-state index in [4.69, 9.17) is 4.74 Å². The molecule has 0 aliphatic heterocycles. The minimum absolute atomic E-state index is 0.0535. The van der Waals surface area contributed by atoms with E-state index >= 15 is 0 Å². The van der Waals surface area contributed by atoms with Gasteiger partial charge in [-0.25, -0.2) is 0 Å². The molecule has 0 spiro atoms. The molecule has 0 bridgehead atoms. The zero-order valence-electron chi connectivity index (χ0n) is 12.2. The Morgan fingerprint density at radius 3 is 2.38 bits per heavy atom. The molecule has 0 fully saturated rings. The van der Waals surface area contributed by atoms with E-state index in [0.717, 1.165) is 18.2 Å². The van der Waals surface area contributed by atoms with Gasteiger partial charge in [-0.3, -0.25) is 4.79 Å². The first-order valence-electron chi connectivity index (χ1n) is 6.12. The summed E-state index contributed by atoms with van der Waals surface area (Å²) in [6.07, 6.45) is -4.49. The minimum atomic E-state index is -4.49. The summed E-state index contributed by atoms with van der Waals surface area (Å²) in [4.78, 5) is 11.7. The molecule has 0 unspecified atom stereocenters. The smallest absolute Gasteiger partial charge is 0.416 e. The second-order valence-corrected chi connectivity index (χ2v) is 10.1. The van der Waals surface area contributed by atoms with Crippen molar-refractivity contribution in [1.29, 1.82) is 0 Å². The van der Waals surface area contributed by atoms with Crippen LogP contribution < -0.4 is 10.1 Å². The summed E-state index contributed by atoms with van der Waals surface area (Å²) in [7, 11) is -0.422. The molecule has 7 heteroatoms. The van der Waals surface area contributed by atoms with E-state index in [0.29, 0.717) is 0 Å². The van der Waals surface area contributed by atoms with Gasteiger partial charge in [0, 0.05) is 0 Å². The van der Waals surface area contributed by atoms with Crippen molar-refractivity contribution in [3.63, 3.8) is 0 Å². The number of ether oxygens (including phenoxy) is 1. The van der Waals surface area contributed by atoms with Crippen LogP contribution in [0.5, 0.6) is 5.75 Å². The van der Waals surface area contributed by atoms with Crippen LogP contribution in [0.25, 0.3) is 0 Å². The zero-order chi connectivity index (χ0) is 16.3. The maximum atomic E-state index is 12.7. The lowest BCUT2D eigenvalue weighted by Gasteiger charge is -2.12. The fourth-order valence-corrected chi connectivity index (χ4v) is 1.87. The van der Waals surface area contributed by atoms with Crippen molar-refractivity contribution in [3.05, 3.63) is 23.8 Å². The molecule has 0 aromatic heterocycles. The number of amides is 1. The molecule has 3 nitrogen and oxygen atoms in total. The van der Waals surface area contributed by atoms with Crippen LogP contribution in [0.1, 0.15) is 5.56 Å². The van der Waals surface area contributed by atoms with Gasteiger partial charge in [0.25, 0.3) is 5.91 Å². The third kappa shape index (κ3) is 5.51. The van der Waals surface area contributed by atoms with Crippen LogP contribution in [0.3, 0.4) is 0 Å². The zero-order valence-corrected chi connectivity index (χ0v) is 13.2. The maximum absolute atomic E-state index is 12.7. The van der Waals surface area contributed by atoms with Crippen LogP contribution in [-0.4, -0.2) is 21.1 Å². The highest BCUT2D eigenvalue weighted by molar-refractivity contribution is 6.84. The molecule has 0 saturated heterocycles. The Kier molecular flexibility index (Phi) is 5.07. The fourth-order valence-electron chi connectivity index (χ4n) is 1.38. The van der Waals surface area contributed by atoms with Crippen LogP contribution in [-0.2, 0) is 11.0 Å². The molecule has 0 saturated carbocycles. The second-order valence-electron chi connectivity index (χ2n) is 5.37. The highest BCUT2D eigenvalue weighted by Gasteiger charge is 2.31. The first-order chi connectivity index (χ1) is 9.53. The molecular formula is C14H16F3NO2Si. The van der Waals surface area contributed by atoms with Crippen molar-refractivity contribution < 1.29 is 22.7 Å². The SMILES string of the molecule is COc1ccc(C(F)(F)F)cc1NC(=O)C#C[Si](C)(C)C. The largest absolute Gasteiger partial charge is 0.495 e. The van der Waals surface area contributed by atoms with Crippen LogP contribution in [0.15, 0.2) is 18.2 Å². The predicted octanol–water partition coefficient (Wildman–Crippen LogP) is 3.53. The van der Waals surface area contributed by atoms with Crippen LogP contribution in [0.4, 0.5) is 18.9 Å². The third-order valence-electron chi connectivity index (χ3n) is 2.33. The first kappa shape index (κ1) is 17.1. The van der Waals surface area contributed by atoms with E-state index in [-0.39, 0.29) is 11.4 Å². The van der Waals surface area contributed by atoms with Gasteiger partial charge in [0.15, 0.2) is 0 Å². The Balaban J connectivity index is 3.05. The molecule has 1 aromatic rings. The summed E-state index contributed by atoms with van der Waals surface area (Å²) in [5, 5.41) is 2.33. The van der Waals surface area contributed by atoms with E-state index in [1.54, 1.807) is 0 Å². The highest BCUT2D eigenvalue weighted by Crippen LogP contribution is 2.34. The Morgan fingerprint density at radius 1 is 1.29 bits per heavy atom. The van der Waals surface area contributed by atoms with Gasteiger partial charge in [-0.15, -0.1) is 5.54 Å². The Hall–Kier alpha value is -1.94. The van der Waals surface area contributed by atoms with Gasteiger partial charge in [0.1, 0.15) is 13.8 Å². The number of methoxy groups -OCH3 is 1. The van der Waals surface area contributed by atoms with E-state index < -0.39 is 25.7 Å². The first-order valence-corrected chi connectivity index (χ1v) is 9.62. The quantitative estimate of drug-likeness (QED) is 0.670. The van der Waals surface area contributed by atoms with E-state index in [1.165, 1.54) is 7.11 Å². The molecule has 1 amide bonds. The number of hydrogen-bond acceptors (Lipinski definition) is 2. The third-order valence-corrected chi connectivity index (χ3v) is 3.20. The van der Waals surface area contributed by atoms with Gasteiger partial charge in [0.05, 0.1) is 18.4 Å². The molecule has 0 aliphatic rings. The fraction of sp³-hybridized carbons (Fsp3) is 0.357. The summed E-state index contributed by atoms with van der Waals surface area (Å²) in [5.41, 5.74) is 1.92. The van der Waals surface area contributed by atoms with E-state index in [9.17, 15) is 18.0 Å². The summed E-state index contributed by atoms with van der Waals surface area (Å²) in [6, 6.07) is 2.87. The molecule has 21 heavy (non-hydrogen) atoms. The molecule has 0 radical (unpaired) electrons. The number of alkyl halides is 3. The van der Waals surface area contributed by atoms with Gasteiger partial charge in [0.2, 0.25) is 0 Å². The monoisotopic (exact) mass is 315 g/mol. The van der Waals surface area contributed by atoms with Crippen molar-refractivity contribution in [2.45, 2.75) is 25.8 Å². The van der Waals surface area contributed by atoms with Gasteiger partial charge >= 0.3 is 6.18 Å². The Morgan fingerprint density at radius 2 is 1.90 bits per heavy atom. The van der Waals surface area contributed by atoms with Crippen LogP contribution in [0.2, 0.25) is 19.6 Å². The Bertz CT molecular complexity index is 595. The number of benzene rings is 1. The summed E-state index contributed by atoms with van der Waals surface area (Å²) in [5.74, 6) is 1.89. The molecule has 0 atom stereocenters. The average Bonchev–Trinajstić information content (AvgIpc) is 2.34. The van der Waals surface area contributed by atoms with Crippen molar-refractivity contribution >= 4 is 19.7 Å². The van der Waals surface area contributed by atoms with E-state index in [1.807, 2.05) is 19.6 Å². The Labute approximate surface area is 122 Å². The van der Waals surface area contributed by atoms with Crippen molar-refractivity contribution in [2.75, 3.05) is 12.4 Å². The number of halogens is 3. The van der Waals surface area contributed by atoms with Gasteiger partial charge in [-0.2, -0.15) is 13.2 Å². The van der Waals surface area contributed by atoms with Crippen molar-refractivity contribution in [2.24, 2.45) is 0 Å². The predicted molar refractivity (Wildman–Crippen MR) is 77.7 cm³/mol. The highest BCUT2D eigenvalue weighted by atomic mass is 28.3. The standard InChI is InChI=1S/C14H16F3NO2Si/c1-20-12-6-5-10(14(15,16)17)9-11(12)18-13(19)7-8-21(2,3)4/h5-6,9H,1-4H3,(H,18,19). The lowest BCUT2D eigenvalue weighted by molar-refractivity contribution is -0.137.